The van der Waals surface area contributed by atoms with Gasteiger partial charge in [-0.3, -0.25) is 4.79 Å². The van der Waals surface area contributed by atoms with Crippen molar-refractivity contribution in [1.82, 2.24) is 19.9 Å². The molecule has 1 atom stereocenters. The Morgan fingerprint density at radius 1 is 1.31 bits per heavy atom. The quantitative estimate of drug-likeness (QED) is 0.689. The zero-order valence-electron chi connectivity index (χ0n) is 8.95. The van der Waals surface area contributed by atoms with E-state index in [-0.39, 0.29) is 17.9 Å². The molecule has 0 radical (unpaired) electrons. The molecule has 6 heteroatoms. The lowest BCUT2D eigenvalue weighted by Gasteiger charge is -2.39. The summed E-state index contributed by atoms with van der Waals surface area (Å²) in [6, 6.07) is 0.251. The van der Waals surface area contributed by atoms with Crippen LogP contribution in [0.15, 0.2) is 12.4 Å². The van der Waals surface area contributed by atoms with Crippen molar-refractivity contribution in [3.63, 3.8) is 0 Å². The molecule has 1 aromatic rings. The van der Waals surface area contributed by atoms with Crippen LogP contribution in [0, 0.1) is 5.92 Å². The molecule has 16 heavy (non-hydrogen) atoms. The number of nitrogens with zero attached hydrogens (tertiary/aromatic N) is 4. The number of amides is 1. The largest absolute Gasteiger partial charge is 0.381 e. The Morgan fingerprint density at radius 3 is 2.69 bits per heavy atom. The third-order valence-corrected chi connectivity index (χ3v) is 3.22. The molecule has 86 valence electrons. The molecular weight excluding hydrogens is 208 g/mol. The first kappa shape index (κ1) is 9.77. The van der Waals surface area contributed by atoms with Gasteiger partial charge in [-0.15, -0.1) is 0 Å². The summed E-state index contributed by atoms with van der Waals surface area (Å²) in [5.74, 6) is 0.299. The minimum absolute atomic E-state index is 0.0755. The van der Waals surface area contributed by atoms with E-state index in [1.807, 2.05) is 4.90 Å². The second kappa shape index (κ2) is 3.86. The lowest BCUT2D eigenvalue weighted by molar-refractivity contribution is -0.141. The van der Waals surface area contributed by atoms with Gasteiger partial charge in [0.15, 0.2) is 0 Å². The number of likely N-dealkylation sites (tertiary alicyclic amines) is 1. The van der Waals surface area contributed by atoms with E-state index in [9.17, 15) is 4.79 Å². The molecule has 3 rings (SSSR count). The maximum atomic E-state index is 11.9. The summed E-state index contributed by atoms with van der Waals surface area (Å²) in [4.78, 5) is 15.5. The molecule has 2 fully saturated rings. The van der Waals surface area contributed by atoms with Crippen molar-refractivity contribution < 1.29 is 9.53 Å². The Balaban J connectivity index is 1.55. The third-order valence-electron chi connectivity index (χ3n) is 3.22. The van der Waals surface area contributed by atoms with E-state index in [2.05, 4.69) is 10.2 Å². The van der Waals surface area contributed by atoms with Crippen LogP contribution in [0.25, 0.3) is 0 Å². The number of carbonyl (C=O) groups excluding carboxylic acids is 1. The van der Waals surface area contributed by atoms with Crippen molar-refractivity contribution in [3.8, 4) is 0 Å². The van der Waals surface area contributed by atoms with Gasteiger partial charge in [-0.25, -0.2) is 0 Å². The van der Waals surface area contributed by atoms with Gasteiger partial charge >= 0.3 is 0 Å². The molecule has 6 nitrogen and oxygen atoms in total. The van der Waals surface area contributed by atoms with Crippen molar-refractivity contribution in [3.05, 3.63) is 12.4 Å². The molecular formula is C10H14N4O2. The summed E-state index contributed by atoms with van der Waals surface area (Å²) < 4.78 is 5.22. The molecule has 2 aliphatic heterocycles. The average molecular weight is 222 g/mol. The molecule has 0 aliphatic carbocycles. The van der Waals surface area contributed by atoms with Crippen LogP contribution >= 0.6 is 0 Å². The fourth-order valence-corrected chi connectivity index (χ4v) is 2.18. The number of hydrogen-bond acceptors (Lipinski definition) is 4. The maximum absolute atomic E-state index is 11.9. The number of carbonyl (C=O) groups is 1. The normalized spacial score (nSPS) is 25.8. The van der Waals surface area contributed by atoms with Gasteiger partial charge in [0.2, 0.25) is 5.91 Å². The van der Waals surface area contributed by atoms with E-state index in [1.165, 1.54) is 0 Å². The molecule has 0 saturated carbocycles. The Labute approximate surface area is 93.2 Å². The highest BCUT2D eigenvalue weighted by Gasteiger charge is 2.37. The molecule has 0 bridgehead atoms. The molecule has 1 amide bonds. The van der Waals surface area contributed by atoms with Crippen LogP contribution in [0.5, 0.6) is 0 Å². The fourth-order valence-electron chi connectivity index (χ4n) is 2.18. The third kappa shape index (κ3) is 1.59. The molecule has 1 aromatic heterocycles. The molecule has 2 aliphatic rings. The summed E-state index contributed by atoms with van der Waals surface area (Å²) in [5, 5.41) is 8.14. The van der Waals surface area contributed by atoms with Gasteiger partial charge in [0.05, 0.1) is 24.9 Å². The molecule has 0 aromatic carbocycles. The minimum Gasteiger partial charge on any atom is -0.381 e. The highest BCUT2D eigenvalue weighted by Crippen LogP contribution is 2.24. The van der Waals surface area contributed by atoms with Gasteiger partial charge in [-0.2, -0.15) is 15.0 Å². The SMILES string of the molecule is O=C(C1CCOC1)N1CC(n2nccn2)C1. The number of ether oxygens (including phenoxy) is 1. The fraction of sp³-hybridized carbons (Fsp3) is 0.700. The van der Waals surface area contributed by atoms with Crippen LogP contribution in [0.3, 0.4) is 0 Å². The van der Waals surface area contributed by atoms with Gasteiger partial charge in [-0.05, 0) is 6.42 Å². The van der Waals surface area contributed by atoms with Gasteiger partial charge < -0.3 is 9.64 Å². The minimum atomic E-state index is 0.0755. The lowest BCUT2D eigenvalue weighted by Crippen LogP contribution is -2.53. The first-order valence-electron chi connectivity index (χ1n) is 5.57. The van der Waals surface area contributed by atoms with Crippen molar-refractivity contribution in [2.75, 3.05) is 26.3 Å². The van der Waals surface area contributed by atoms with Crippen LogP contribution in [0.4, 0.5) is 0 Å². The van der Waals surface area contributed by atoms with Crippen LogP contribution in [0.2, 0.25) is 0 Å². The summed E-state index contributed by atoms with van der Waals surface area (Å²) >= 11 is 0. The predicted molar refractivity (Wildman–Crippen MR) is 54.6 cm³/mol. The van der Waals surface area contributed by atoms with E-state index in [4.69, 9.17) is 4.74 Å². The first-order valence-corrected chi connectivity index (χ1v) is 5.57. The van der Waals surface area contributed by atoms with Gasteiger partial charge in [0.1, 0.15) is 6.04 Å². The summed E-state index contributed by atoms with van der Waals surface area (Å²) in [5.41, 5.74) is 0. The Kier molecular flexibility index (Phi) is 2.36. The predicted octanol–water partition coefficient (Wildman–Crippen LogP) is -0.302. The standard InChI is InChI=1S/C10H14N4O2/c15-10(8-1-4-16-7-8)13-5-9(6-13)14-11-2-3-12-14/h2-3,8-9H,1,4-7H2. The van der Waals surface area contributed by atoms with Crippen molar-refractivity contribution >= 4 is 5.91 Å². The van der Waals surface area contributed by atoms with Crippen molar-refractivity contribution in [1.29, 1.82) is 0 Å². The monoisotopic (exact) mass is 222 g/mol. The number of aromatic nitrogens is 3. The van der Waals surface area contributed by atoms with Gasteiger partial charge in [-0.1, -0.05) is 0 Å². The average Bonchev–Trinajstić information content (AvgIpc) is 2.88. The Morgan fingerprint density at radius 2 is 2.06 bits per heavy atom. The molecule has 1 unspecified atom stereocenters. The first-order chi connectivity index (χ1) is 7.84. The van der Waals surface area contributed by atoms with Crippen LogP contribution in [-0.2, 0) is 9.53 Å². The topological polar surface area (TPSA) is 60.2 Å². The van der Waals surface area contributed by atoms with Gasteiger partial charge in [0.25, 0.3) is 0 Å². The van der Waals surface area contributed by atoms with Crippen LogP contribution in [-0.4, -0.2) is 52.1 Å². The Bertz CT molecular complexity index is 366. The van der Waals surface area contributed by atoms with Crippen LogP contribution in [0.1, 0.15) is 12.5 Å². The summed E-state index contributed by atoms with van der Waals surface area (Å²) in [7, 11) is 0. The van der Waals surface area contributed by atoms with E-state index < -0.39 is 0 Å². The Hall–Kier alpha value is -1.43. The van der Waals surface area contributed by atoms with Crippen LogP contribution < -0.4 is 0 Å². The molecule has 2 saturated heterocycles. The van der Waals surface area contributed by atoms with E-state index in [0.29, 0.717) is 13.2 Å². The van der Waals surface area contributed by atoms with E-state index >= 15 is 0 Å². The number of hydrogen-bond donors (Lipinski definition) is 0. The highest BCUT2D eigenvalue weighted by atomic mass is 16.5. The summed E-state index contributed by atoms with van der Waals surface area (Å²) in [6.45, 7) is 2.75. The number of rotatable bonds is 2. The molecule has 0 N–H and O–H groups in total. The van der Waals surface area contributed by atoms with E-state index in [1.54, 1.807) is 17.2 Å². The lowest BCUT2D eigenvalue weighted by atomic mass is 10.0. The van der Waals surface area contributed by atoms with Gasteiger partial charge in [0, 0.05) is 19.7 Å². The van der Waals surface area contributed by atoms with E-state index in [0.717, 1.165) is 19.5 Å². The zero-order chi connectivity index (χ0) is 11.0. The second-order valence-electron chi connectivity index (χ2n) is 4.31. The molecule has 3 heterocycles. The maximum Gasteiger partial charge on any atom is 0.228 e. The smallest absolute Gasteiger partial charge is 0.228 e. The summed E-state index contributed by atoms with van der Waals surface area (Å²) in [6.07, 6.45) is 4.19. The molecule has 0 spiro atoms. The highest BCUT2D eigenvalue weighted by molar-refractivity contribution is 5.80. The zero-order valence-corrected chi connectivity index (χ0v) is 8.95. The van der Waals surface area contributed by atoms with Crippen molar-refractivity contribution in [2.24, 2.45) is 5.92 Å². The van der Waals surface area contributed by atoms with Crippen molar-refractivity contribution in [2.45, 2.75) is 12.5 Å². The second-order valence-corrected chi connectivity index (χ2v) is 4.31.